The standard InChI is InChI=1S/C17H21N5O9S2/c1-20(5-4-9(23)24)14(27)10-8(6-32-17-18-12(25)13(26)19-21(17)2)7-33(29,30)16-11(31-3)15(28)22(10)16/h11,16H,4-7H2,1-3H3,(H,19,26)(H,23,24)/t11-,16+/m0/s1. The highest BCUT2D eigenvalue weighted by Crippen LogP contribution is 2.39. The van der Waals surface area contributed by atoms with E-state index in [1.54, 1.807) is 0 Å². The van der Waals surface area contributed by atoms with Crippen LogP contribution < -0.4 is 11.1 Å². The second-order valence-electron chi connectivity index (χ2n) is 7.37. The molecule has 0 aromatic carbocycles. The van der Waals surface area contributed by atoms with Gasteiger partial charge in [0.05, 0.1) is 12.2 Å². The molecule has 33 heavy (non-hydrogen) atoms. The lowest BCUT2D eigenvalue weighted by Gasteiger charge is -2.49. The summed E-state index contributed by atoms with van der Waals surface area (Å²) in [4.78, 5) is 65.2. The quantitative estimate of drug-likeness (QED) is 0.214. The molecule has 180 valence electrons. The van der Waals surface area contributed by atoms with Gasteiger partial charge in [0.15, 0.2) is 26.5 Å². The topological polar surface area (TPSA) is 189 Å². The fourth-order valence-electron chi connectivity index (χ4n) is 3.46. The molecule has 0 spiro atoms. The van der Waals surface area contributed by atoms with Crippen LogP contribution in [0.15, 0.2) is 26.0 Å². The van der Waals surface area contributed by atoms with Gasteiger partial charge in [-0.3, -0.25) is 38.7 Å². The van der Waals surface area contributed by atoms with Gasteiger partial charge in [0, 0.05) is 33.5 Å². The number of H-pyrrole nitrogens is 1. The van der Waals surface area contributed by atoms with E-state index in [-0.39, 0.29) is 35.1 Å². The molecule has 2 atom stereocenters. The summed E-state index contributed by atoms with van der Waals surface area (Å²) in [6.07, 6.45) is -1.60. The third-order valence-electron chi connectivity index (χ3n) is 5.10. The number of nitrogens with one attached hydrogen (secondary N) is 1. The molecule has 1 fully saturated rings. The average molecular weight is 504 g/mol. The van der Waals surface area contributed by atoms with E-state index in [0.717, 1.165) is 21.6 Å². The molecule has 0 bridgehead atoms. The number of likely N-dealkylation sites (N-methyl/N-ethyl adjacent to an activating group) is 1. The molecule has 1 aromatic rings. The van der Waals surface area contributed by atoms with Gasteiger partial charge < -0.3 is 14.7 Å². The summed E-state index contributed by atoms with van der Waals surface area (Å²) >= 11 is 0.889. The maximum Gasteiger partial charge on any atom is 0.339 e. The summed E-state index contributed by atoms with van der Waals surface area (Å²) in [6.45, 7) is -0.165. The van der Waals surface area contributed by atoms with E-state index in [4.69, 9.17) is 9.84 Å². The molecule has 2 N–H and O–H groups in total. The van der Waals surface area contributed by atoms with E-state index in [1.165, 1.54) is 25.9 Å². The van der Waals surface area contributed by atoms with Crippen molar-refractivity contribution in [3.05, 3.63) is 32.0 Å². The molecule has 2 amide bonds. The number of carboxylic acids is 1. The Hall–Kier alpha value is -2.98. The molecule has 2 aliphatic heterocycles. The number of β-lactam (4-membered cyclic amide) rings is 1. The van der Waals surface area contributed by atoms with Crippen molar-refractivity contribution in [3.63, 3.8) is 0 Å². The first-order valence-electron chi connectivity index (χ1n) is 9.46. The summed E-state index contributed by atoms with van der Waals surface area (Å²) in [5, 5.41) is 9.84. The third-order valence-corrected chi connectivity index (χ3v) is 8.16. The SMILES string of the molecule is CO[C@H]1C(=O)N2C(C(=O)N(C)CCC(=O)O)=C(CSc3nc(=O)c(=O)[nH]n3C)CS(=O)(=O)[C@H]12. The van der Waals surface area contributed by atoms with Crippen molar-refractivity contribution in [1.82, 2.24) is 24.6 Å². The van der Waals surface area contributed by atoms with Crippen molar-refractivity contribution in [2.45, 2.75) is 23.1 Å². The number of carbonyl (C=O) groups is 3. The van der Waals surface area contributed by atoms with Crippen molar-refractivity contribution in [1.29, 1.82) is 0 Å². The van der Waals surface area contributed by atoms with Gasteiger partial charge in [0.1, 0.15) is 5.70 Å². The second-order valence-corrected chi connectivity index (χ2v) is 10.4. The highest BCUT2D eigenvalue weighted by molar-refractivity contribution is 7.99. The number of hydrogen-bond donors (Lipinski definition) is 2. The third kappa shape index (κ3) is 4.58. The maximum atomic E-state index is 13.2. The zero-order valence-electron chi connectivity index (χ0n) is 17.8. The van der Waals surface area contributed by atoms with Gasteiger partial charge in [-0.25, -0.2) is 8.42 Å². The minimum Gasteiger partial charge on any atom is -0.481 e. The van der Waals surface area contributed by atoms with Gasteiger partial charge >= 0.3 is 17.1 Å². The molecule has 1 saturated heterocycles. The van der Waals surface area contributed by atoms with Crippen LogP contribution in [0, 0.1) is 0 Å². The lowest BCUT2D eigenvalue weighted by atomic mass is 10.0. The summed E-state index contributed by atoms with van der Waals surface area (Å²) in [6, 6.07) is 0. The van der Waals surface area contributed by atoms with Crippen LogP contribution in [-0.4, -0.2) is 99.6 Å². The molecule has 1 aromatic heterocycles. The molecule has 0 saturated carbocycles. The summed E-state index contributed by atoms with van der Waals surface area (Å²) in [7, 11) is 0.0331. The predicted octanol–water partition coefficient (Wildman–Crippen LogP) is -2.64. The maximum absolute atomic E-state index is 13.2. The Kier molecular flexibility index (Phi) is 6.80. The molecule has 3 rings (SSSR count). The number of sulfone groups is 1. The van der Waals surface area contributed by atoms with Crippen molar-refractivity contribution in [2.75, 3.05) is 32.2 Å². The van der Waals surface area contributed by atoms with Crippen LogP contribution in [-0.2, 0) is 36.0 Å². The Morgan fingerprint density at radius 3 is 2.61 bits per heavy atom. The van der Waals surface area contributed by atoms with Gasteiger partial charge in [-0.1, -0.05) is 11.8 Å². The molecule has 0 radical (unpaired) electrons. The number of fused-ring (bicyclic) bond motifs is 1. The fraction of sp³-hybridized carbons (Fsp3) is 0.529. The highest BCUT2D eigenvalue weighted by Gasteiger charge is 2.60. The number of methoxy groups -OCH3 is 1. The van der Waals surface area contributed by atoms with E-state index >= 15 is 0 Å². The van der Waals surface area contributed by atoms with Crippen LogP contribution in [0.3, 0.4) is 0 Å². The number of aromatic nitrogens is 3. The van der Waals surface area contributed by atoms with Crippen LogP contribution >= 0.6 is 11.8 Å². The molecular formula is C17H21N5O9S2. The van der Waals surface area contributed by atoms with Crippen molar-refractivity contribution >= 4 is 39.4 Å². The van der Waals surface area contributed by atoms with Gasteiger partial charge in [-0.15, -0.1) is 0 Å². The molecule has 0 unspecified atom stereocenters. The average Bonchev–Trinajstić information content (AvgIpc) is 2.73. The number of nitrogens with zero attached hydrogens (tertiary/aromatic N) is 4. The number of aryl methyl sites for hydroxylation is 1. The smallest absolute Gasteiger partial charge is 0.339 e. The number of hydrogen-bond acceptors (Lipinski definition) is 10. The van der Waals surface area contributed by atoms with Gasteiger partial charge in [-0.2, -0.15) is 4.98 Å². The lowest BCUT2D eigenvalue weighted by molar-refractivity contribution is -0.161. The number of carboxylic acid groups (broad SMARTS) is 1. The first-order chi connectivity index (χ1) is 15.4. The van der Waals surface area contributed by atoms with Crippen LogP contribution in [0.2, 0.25) is 0 Å². The number of carbonyl (C=O) groups excluding carboxylic acids is 2. The fourth-order valence-corrected chi connectivity index (χ4v) is 6.55. The number of amides is 2. The Balaban J connectivity index is 2.01. The largest absolute Gasteiger partial charge is 0.481 e. The van der Waals surface area contributed by atoms with Crippen LogP contribution in [0.4, 0.5) is 0 Å². The molecule has 2 aliphatic rings. The molecule has 0 aliphatic carbocycles. The van der Waals surface area contributed by atoms with Gasteiger partial charge in [0.25, 0.3) is 11.8 Å². The first kappa shape index (κ1) is 24.7. The van der Waals surface area contributed by atoms with Crippen molar-refractivity contribution in [2.24, 2.45) is 7.05 Å². The normalized spacial score (nSPS) is 21.4. The molecular weight excluding hydrogens is 482 g/mol. The Labute approximate surface area is 191 Å². The minimum absolute atomic E-state index is 0.0577. The Bertz CT molecular complexity index is 1270. The van der Waals surface area contributed by atoms with Crippen LogP contribution in [0.5, 0.6) is 0 Å². The highest BCUT2D eigenvalue weighted by atomic mass is 32.2. The van der Waals surface area contributed by atoms with E-state index in [0.29, 0.717) is 0 Å². The number of thioether (sulfide) groups is 1. The monoisotopic (exact) mass is 503 g/mol. The number of aliphatic carboxylic acids is 1. The minimum atomic E-state index is -3.92. The summed E-state index contributed by atoms with van der Waals surface area (Å²) in [5.41, 5.74) is -2.07. The molecule has 16 heteroatoms. The van der Waals surface area contributed by atoms with Gasteiger partial charge in [-0.05, 0) is 5.57 Å². The van der Waals surface area contributed by atoms with E-state index < -0.39 is 56.0 Å². The number of ether oxygens (including phenoxy) is 1. The lowest BCUT2D eigenvalue weighted by Crippen LogP contribution is -2.71. The van der Waals surface area contributed by atoms with E-state index in [1.807, 2.05) is 0 Å². The van der Waals surface area contributed by atoms with E-state index in [9.17, 15) is 32.4 Å². The Morgan fingerprint density at radius 1 is 1.33 bits per heavy atom. The zero-order chi connectivity index (χ0) is 24.7. The zero-order valence-corrected chi connectivity index (χ0v) is 19.4. The van der Waals surface area contributed by atoms with Crippen LogP contribution in [0.1, 0.15) is 6.42 Å². The van der Waals surface area contributed by atoms with E-state index in [2.05, 4.69) is 10.1 Å². The summed E-state index contributed by atoms with van der Waals surface area (Å²) < 4.78 is 31.9. The number of aromatic amines is 1. The number of rotatable bonds is 8. The predicted molar refractivity (Wildman–Crippen MR) is 113 cm³/mol. The molecule has 14 nitrogen and oxygen atoms in total. The van der Waals surface area contributed by atoms with Crippen molar-refractivity contribution < 1.29 is 32.6 Å². The second kappa shape index (κ2) is 9.11. The van der Waals surface area contributed by atoms with Crippen LogP contribution in [0.25, 0.3) is 0 Å². The Morgan fingerprint density at radius 2 is 2.00 bits per heavy atom. The van der Waals surface area contributed by atoms with Gasteiger partial charge in [0.2, 0.25) is 0 Å². The van der Waals surface area contributed by atoms with Crippen molar-refractivity contribution in [3.8, 4) is 0 Å². The first-order valence-corrected chi connectivity index (χ1v) is 12.2. The molecule has 3 heterocycles. The summed E-state index contributed by atoms with van der Waals surface area (Å²) in [5.74, 6) is -3.27.